The number of hydrogen-bond acceptors (Lipinski definition) is 2. The molecule has 0 aliphatic rings. The van der Waals surface area contributed by atoms with Crippen LogP contribution in [0.4, 0.5) is 0 Å². The Morgan fingerprint density at radius 2 is 1.91 bits per heavy atom. The average Bonchev–Trinajstić information content (AvgIpc) is 1.87. The highest BCUT2D eigenvalue weighted by molar-refractivity contribution is 5.88. The van der Waals surface area contributed by atoms with Gasteiger partial charge in [0.15, 0.2) is 0 Å². The van der Waals surface area contributed by atoms with E-state index in [4.69, 9.17) is 5.21 Å². The van der Waals surface area contributed by atoms with Crippen LogP contribution in [0.2, 0.25) is 0 Å². The molecule has 0 fully saturated rings. The summed E-state index contributed by atoms with van der Waals surface area (Å²) in [6.07, 6.45) is 3.17. The molecule has 0 aromatic rings. The van der Waals surface area contributed by atoms with E-state index in [1.807, 2.05) is 0 Å². The van der Waals surface area contributed by atoms with Crippen molar-refractivity contribution in [2.45, 2.75) is 47.0 Å². The molecule has 66 valence electrons. The number of rotatable bonds is 3. The van der Waals surface area contributed by atoms with Crippen molar-refractivity contribution in [3.05, 3.63) is 0 Å². The topological polar surface area (TPSA) is 32.6 Å². The van der Waals surface area contributed by atoms with E-state index < -0.39 is 0 Å². The van der Waals surface area contributed by atoms with Crippen LogP contribution in [0.1, 0.15) is 47.0 Å². The third-order valence-corrected chi connectivity index (χ3v) is 1.75. The summed E-state index contributed by atoms with van der Waals surface area (Å²) < 4.78 is 0. The maximum atomic E-state index is 8.68. The predicted octanol–water partition coefficient (Wildman–Crippen LogP) is 3.05. The fourth-order valence-electron chi connectivity index (χ4n) is 0.919. The quantitative estimate of drug-likeness (QED) is 0.381. The summed E-state index contributed by atoms with van der Waals surface area (Å²) in [7, 11) is 0. The van der Waals surface area contributed by atoms with Crippen LogP contribution in [-0.4, -0.2) is 10.9 Å². The largest absolute Gasteiger partial charge is 0.411 e. The minimum atomic E-state index is 0.0178. The van der Waals surface area contributed by atoms with E-state index in [9.17, 15) is 0 Å². The van der Waals surface area contributed by atoms with E-state index in [2.05, 4.69) is 32.9 Å². The third kappa shape index (κ3) is 4.02. The highest BCUT2D eigenvalue weighted by Crippen LogP contribution is 2.19. The van der Waals surface area contributed by atoms with Crippen molar-refractivity contribution < 1.29 is 5.21 Å². The smallest absolute Gasteiger partial charge is 0.0624 e. The van der Waals surface area contributed by atoms with Crippen LogP contribution in [0.15, 0.2) is 5.16 Å². The zero-order valence-electron chi connectivity index (χ0n) is 8.02. The Morgan fingerprint density at radius 1 is 1.36 bits per heavy atom. The number of hydrogen-bond donors (Lipinski definition) is 1. The van der Waals surface area contributed by atoms with Gasteiger partial charge in [-0.15, -0.1) is 0 Å². The maximum absolute atomic E-state index is 8.68. The molecule has 0 unspecified atom stereocenters. The molecule has 0 bridgehead atoms. The van der Waals surface area contributed by atoms with Gasteiger partial charge in [0.25, 0.3) is 0 Å². The summed E-state index contributed by atoms with van der Waals surface area (Å²) in [5.41, 5.74) is 0.920. The molecule has 11 heavy (non-hydrogen) atoms. The number of unbranched alkanes of at least 4 members (excludes halogenated alkanes) is 1. The van der Waals surface area contributed by atoms with Gasteiger partial charge in [0, 0.05) is 5.41 Å². The maximum Gasteiger partial charge on any atom is 0.0624 e. The molecule has 0 atom stereocenters. The minimum absolute atomic E-state index is 0.0178. The van der Waals surface area contributed by atoms with Gasteiger partial charge in [0.1, 0.15) is 0 Å². The fraction of sp³-hybridized carbons (Fsp3) is 0.889. The van der Waals surface area contributed by atoms with Gasteiger partial charge in [0.05, 0.1) is 5.71 Å². The van der Waals surface area contributed by atoms with Gasteiger partial charge in [-0.05, 0) is 12.8 Å². The Bertz CT molecular complexity index is 133. The summed E-state index contributed by atoms with van der Waals surface area (Å²) in [4.78, 5) is 0. The molecule has 0 aromatic heterocycles. The van der Waals surface area contributed by atoms with Gasteiger partial charge >= 0.3 is 0 Å². The molecular formula is C9H19NO. The molecule has 0 aromatic carbocycles. The van der Waals surface area contributed by atoms with E-state index in [1.54, 1.807) is 0 Å². The van der Waals surface area contributed by atoms with Crippen molar-refractivity contribution in [3.8, 4) is 0 Å². The average molecular weight is 157 g/mol. The van der Waals surface area contributed by atoms with Crippen molar-refractivity contribution in [3.63, 3.8) is 0 Å². The molecule has 0 rings (SSSR count). The molecule has 0 spiro atoms. The summed E-state index contributed by atoms with van der Waals surface area (Å²) >= 11 is 0. The van der Waals surface area contributed by atoms with E-state index in [1.165, 1.54) is 0 Å². The molecule has 0 amide bonds. The number of nitrogens with zero attached hydrogens (tertiary/aromatic N) is 1. The van der Waals surface area contributed by atoms with E-state index >= 15 is 0 Å². The summed E-state index contributed by atoms with van der Waals surface area (Å²) in [6.45, 7) is 8.34. The van der Waals surface area contributed by atoms with Gasteiger partial charge in [0.2, 0.25) is 0 Å². The lowest BCUT2D eigenvalue weighted by Crippen LogP contribution is -2.20. The molecule has 0 aliphatic heterocycles. The summed E-state index contributed by atoms with van der Waals surface area (Å²) in [5.74, 6) is 0. The fourth-order valence-corrected chi connectivity index (χ4v) is 0.919. The van der Waals surface area contributed by atoms with Crippen LogP contribution in [-0.2, 0) is 0 Å². The first-order valence-corrected chi connectivity index (χ1v) is 4.23. The SMILES string of the molecule is CCCC/C(=N\O)C(C)(C)C. The predicted molar refractivity (Wildman–Crippen MR) is 48.2 cm³/mol. The Balaban J connectivity index is 3.99. The molecule has 0 aliphatic carbocycles. The van der Waals surface area contributed by atoms with Gasteiger partial charge < -0.3 is 5.21 Å². The van der Waals surface area contributed by atoms with E-state index in [-0.39, 0.29) is 5.41 Å². The summed E-state index contributed by atoms with van der Waals surface area (Å²) in [5, 5.41) is 12.0. The molecule has 0 heterocycles. The molecular weight excluding hydrogens is 138 g/mol. The van der Waals surface area contributed by atoms with Gasteiger partial charge in [-0.3, -0.25) is 0 Å². The first kappa shape index (κ1) is 10.5. The van der Waals surface area contributed by atoms with Crippen molar-refractivity contribution in [2.24, 2.45) is 10.6 Å². The van der Waals surface area contributed by atoms with Crippen LogP contribution in [0, 0.1) is 5.41 Å². The molecule has 1 N–H and O–H groups in total. The molecule has 0 radical (unpaired) electrons. The lowest BCUT2D eigenvalue weighted by atomic mass is 9.87. The lowest BCUT2D eigenvalue weighted by Gasteiger charge is -2.19. The summed E-state index contributed by atoms with van der Waals surface area (Å²) in [6, 6.07) is 0. The van der Waals surface area contributed by atoms with Gasteiger partial charge in [-0.1, -0.05) is 39.3 Å². The molecule has 0 saturated carbocycles. The van der Waals surface area contributed by atoms with Crippen LogP contribution < -0.4 is 0 Å². The van der Waals surface area contributed by atoms with Crippen molar-refractivity contribution in [2.75, 3.05) is 0 Å². The lowest BCUT2D eigenvalue weighted by molar-refractivity contribution is 0.308. The Kier molecular flexibility index (Phi) is 4.16. The second kappa shape index (κ2) is 4.37. The number of oxime groups is 1. The first-order chi connectivity index (χ1) is 5.02. The third-order valence-electron chi connectivity index (χ3n) is 1.75. The Morgan fingerprint density at radius 3 is 2.18 bits per heavy atom. The second-order valence-electron chi connectivity index (χ2n) is 3.90. The van der Waals surface area contributed by atoms with Crippen molar-refractivity contribution >= 4 is 5.71 Å². The van der Waals surface area contributed by atoms with Gasteiger partial charge in [-0.25, -0.2) is 0 Å². The van der Waals surface area contributed by atoms with Crippen LogP contribution in [0.3, 0.4) is 0 Å². The highest BCUT2D eigenvalue weighted by Gasteiger charge is 2.18. The molecule has 2 heteroatoms. The van der Waals surface area contributed by atoms with Crippen LogP contribution in [0.5, 0.6) is 0 Å². The standard InChI is InChI=1S/C9H19NO/c1-5-6-7-8(10-11)9(2,3)4/h11H,5-7H2,1-4H3/b10-8+. The molecule has 0 saturated heterocycles. The van der Waals surface area contributed by atoms with Crippen LogP contribution in [0.25, 0.3) is 0 Å². The highest BCUT2D eigenvalue weighted by atomic mass is 16.4. The van der Waals surface area contributed by atoms with Crippen LogP contribution >= 0.6 is 0 Å². The normalized spacial score (nSPS) is 13.6. The second-order valence-corrected chi connectivity index (χ2v) is 3.90. The van der Waals surface area contributed by atoms with Crippen molar-refractivity contribution in [1.29, 1.82) is 0 Å². The molecule has 2 nitrogen and oxygen atoms in total. The van der Waals surface area contributed by atoms with E-state index in [0.717, 1.165) is 25.0 Å². The van der Waals surface area contributed by atoms with E-state index in [0.29, 0.717) is 0 Å². The monoisotopic (exact) mass is 157 g/mol. The Labute approximate surface area is 69.3 Å². The first-order valence-electron chi connectivity index (χ1n) is 4.23. The zero-order valence-corrected chi connectivity index (χ0v) is 8.02. The van der Waals surface area contributed by atoms with Crippen molar-refractivity contribution in [1.82, 2.24) is 0 Å². The Hall–Kier alpha value is -0.530. The minimum Gasteiger partial charge on any atom is -0.411 e. The zero-order chi connectivity index (χ0) is 8.91. The van der Waals surface area contributed by atoms with Gasteiger partial charge in [-0.2, -0.15) is 0 Å².